The van der Waals surface area contributed by atoms with Crippen molar-refractivity contribution in [2.75, 3.05) is 27.4 Å². The lowest BCUT2D eigenvalue weighted by Crippen LogP contribution is -2.43. The summed E-state index contributed by atoms with van der Waals surface area (Å²) in [7, 11) is 2.95. The van der Waals surface area contributed by atoms with Crippen LogP contribution in [0.15, 0.2) is 91.0 Å². The first kappa shape index (κ1) is 21.8. The highest BCUT2D eigenvalue weighted by atomic mass is 16.5. The van der Waals surface area contributed by atoms with Crippen molar-refractivity contribution in [2.24, 2.45) is 5.41 Å². The maximum Gasteiger partial charge on any atom is 0.316 e. The maximum atomic E-state index is 12.6. The molecular formula is C26H28O4. The van der Waals surface area contributed by atoms with E-state index in [0.29, 0.717) is 0 Å². The van der Waals surface area contributed by atoms with E-state index in [1.807, 2.05) is 91.0 Å². The van der Waals surface area contributed by atoms with Crippen molar-refractivity contribution in [1.82, 2.24) is 0 Å². The molecule has 156 valence electrons. The summed E-state index contributed by atoms with van der Waals surface area (Å²) < 4.78 is 17.1. The molecule has 3 aromatic rings. The lowest BCUT2D eigenvalue weighted by Gasteiger charge is -2.38. The fraction of sp³-hybridized carbons (Fsp3) is 0.269. The predicted molar refractivity (Wildman–Crippen MR) is 117 cm³/mol. The number of ether oxygens (including phenoxy) is 3. The van der Waals surface area contributed by atoms with Gasteiger partial charge in [0.2, 0.25) is 0 Å². The first-order chi connectivity index (χ1) is 14.6. The topological polar surface area (TPSA) is 44.8 Å². The number of carbonyl (C=O) groups is 1. The molecule has 0 fully saturated rings. The Balaban J connectivity index is 2.17. The molecule has 0 saturated carbocycles. The van der Waals surface area contributed by atoms with Gasteiger partial charge in [0.25, 0.3) is 0 Å². The van der Waals surface area contributed by atoms with Crippen LogP contribution in [0.4, 0.5) is 0 Å². The van der Waals surface area contributed by atoms with Crippen molar-refractivity contribution in [1.29, 1.82) is 0 Å². The van der Waals surface area contributed by atoms with Crippen molar-refractivity contribution < 1.29 is 19.0 Å². The summed E-state index contributed by atoms with van der Waals surface area (Å²) >= 11 is 0. The van der Waals surface area contributed by atoms with Crippen LogP contribution in [-0.2, 0) is 24.6 Å². The molecule has 0 heterocycles. The van der Waals surface area contributed by atoms with Crippen LogP contribution in [0.3, 0.4) is 0 Å². The summed E-state index contributed by atoms with van der Waals surface area (Å²) in [6.07, 6.45) is 0. The van der Waals surface area contributed by atoms with Crippen LogP contribution in [-0.4, -0.2) is 33.4 Å². The van der Waals surface area contributed by atoms with E-state index in [9.17, 15) is 4.79 Å². The Morgan fingerprint density at radius 3 is 1.43 bits per heavy atom. The number of carbonyl (C=O) groups excluding carboxylic acids is 1. The number of esters is 1. The van der Waals surface area contributed by atoms with E-state index in [2.05, 4.69) is 0 Å². The lowest BCUT2D eigenvalue weighted by atomic mass is 9.79. The first-order valence-corrected chi connectivity index (χ1v) is 9.95. The molecule has 0 amide bonds. The van der Waals surface area contributed by atoms with E-state index in [0.717, 1.165) is 16.7 Å². The average molecular weight is 405 g/mol. The van der Waals surface area contributed by atoms with E-state index >= 15 is 0 Å². The summed E-state index contributed by atoms with van der Waals surface area (Å²) in [6.45, 7) is 2.11. The molecule has 3 rings (SSSR count). The van der Waals surface area contributed by atoms with Gasteiger partial charge in [-0.25, -0.2) is 0 Å². The maximum absolute atomic E-state index is 12.6. The van der Waals surface area contributed by atoms with Gasteiger partial charge in [0.05, 0.1) is 20.3 Å². The van der Waals surface area contributed by atoms with Crippen molar-refractivity contribution in [3.05, 3.63) is 108 Å². The van der Waals surface area contributed by atoms with Gasteiger partial charge in [-0.2, -0.15) is 0 Å². The predicted octanol–water partition coefficient (Wildman–Crippen LogP) is 4.82. The molecule has 1 atom stereocenters. The van der Waals surface area contributed by atoms with Gasteiger partial charge >= 0.3 is 5.97 Å². The van der Waals surface area contributed by atoms with Crippen LogP contribution in [0.1, 0.15) is 23.6 Å². The third kappa shape index (κ3) is 4.30. The average Bonchev–Trinajstić information content (AvgIpc) is 2.81. The first-order valence-electron chi connectivity index (χ1n) is 9.95. The zero-order valence-electron chi connectivity index (χ0n) is 17.7. The van der Waals surface area contributed by atoms with Gasteiger partial charge in [-0.3, -0.25) is 4.79 Å². The number of methoxy groups -OCH3 is 2. The van der Waals surface area contributed by atoms with Crippen LogP contribution in [0, 0.1) is 5.41 Å². The van der Waals surface area contributed by atoms with E-state index in [-0.39, 0.29) is 19.2 Å². The number of rotatable bonds is 9. The van der Waals surface area contributed by atoms with Gasteiger partial charge in [-0.15, -0.1) is 0 Å². The fourth-order valence-electron chi connectivity index (χ4n) is 3.76. The summed E-state index contributed by atoms with van der Waals surface area (Å²) in [6, 6.07) is 30.2. The quantitative estimate of drug-likeness (QED) is 0.379. The lowest BCUT2D eigenvalue weighted by molar-refractivity contribution is -0.163. The van der Waals surface area contributed by atoms with Crippen LogP contribution in [0.2, 0.25) is 0 Å². The second-order valence-corrected chi connectivity index (χ2v) is 7.55. The number of benzene rings is 3. The second kappa shape index (κ2) is 9.70. The standard InChI is InChI=1S/C26H28O4/c1-25(19-28-2,24(27)29-3)20-30-26(21-13-7-4-8-14-21,22-15-9-5-10-16-22)23-17-11-6-12-18-23/h4-18H,19-20H2,1-3H3/t25-/m0/s1. The van der Waals surface area contributed by atoms with E-state index < -0.39 is 11.0 Å². The fourth-order valence-corrected chi connectivity index (χ4v) is 3.76. The Labute approximate surface area is 178 Å². The van der Waals surface area contributed by atoms with Gasteiger partial charge in [0.15, 0.2) is 0 Å². The third-order valence-corrected chi connectivity index (χ3v) is 5.29. The van der Waals surface area contributed by atoms with E-state index in [4.69, 9.17) is 14.2 Å². The molecular weight excluding hydrogens is 376 g/mol. The van der Waals surface area contributed by atoms with E-state index in [1.54, 1.807) is 14.0 Å². The molecule has 0 spiro atoms. The Morgan fingerprint density at radius 2 is 1.10 bits per heavy atom. The Bertz CT molecular complexity index is 828. The minimum atomic E-state index is -0.951. The van der Waals surface area contributed by atoms with Gasteiger partial charge in [-0.1, -0.05) is 91.0 Å². The molecule has 4 nitrogen and oxygen atoms in total. The van der Waals surface area contributed by atoms with Crippen LogP contribution in [0.25, 0.3) is 0 Å². The van der Waals surface area contributed by atoms with Crippen molar-refractivity contribution in [3.8, 4) is 0 Å². The number of hydrogen-bond acceptors (Lipinski definition) is 4. The summed E-state index contributed by atoms with van der Waals surface area (Å²) in [5.41, 5.74) is 1.09. The highest BCUT2D eigenvalue weighted by molar-refractivity contribution is 5.76. The molecule has 0 radical (unpaired) electrons. The van der Waals surface area contributed by atoms with Crippen LogP contribution < -0.4 is 0 Å². The summed E-state index contributed by atoms with van der Waals surface area (Å²) in [5, 5.41) is 0. The summed E-state index contributed by atoms with van der Waals surface area (Å²) in [4.78, 5) is 12.6. The molecule has 0 N–H and O–H groups in total. The van der Waals surface area contributed by atoms with Crippen molar-refractivity contribution in [3.63, 3.8) is 0 Å². The zero-order chi connectivity index (χ0) is 21.5. The van der Waals surface area contributed by atoms with Gasteiger partial charge in [0.1, 0.15) is 11.0 Å². The molecule has 0 aliphatic carbocycles. The van der Waals surface area contributed by atoms with Gasteiger partial charge < -0.3 is 14.2 Å². The van der Waals surface area contributed by atoms with Crippen LogP contribution >= 0.6 is 0 Å². The Kier molecular flexibility index (Phi) is 7.03. The van der Waals surface area contributed by atoms with Crippen molar-refractivity contribution >= 4 is 5.97 Å². The summed E-state index contributed by atoms with van der Waals surface area (Å²) in [5.74, 6) is -0.368. The Morgan fingerprint density at radius 1 is 0.700 bits per heavy atom. The minimum absolute atomic E-state index is 0.117. The molecule has 0 saturated heterocycles. The largest absolute Gasteiger partial charge is 0.468 e. The van der Waals surface area contributed by atoms with Gasteiger partial charge in [0, 0.05) is 7.11 Å². The molecule has 0 aliphatic rings. The smallest absolute Gasteiger partial charge is 0.316 e. The molecule has 0 unspecified atom stereocenters. The molecule has 0 bridgehead atoms. The molecule has 30 heavy (non-hydrogen) atoms. The number of hydrogen-bond donors (Lipinski definition) is 0. The van der Waals surface area contributed by atoms with Crippen molar-refractivity contribution in [2.45, 2.75) is 12.5 Å². The van der Waals surface area contributed by atoms with E-state index in [1.165, 1.54) is 7.11 Å². The Hall–Kier alpha value is -2.95. The molecule has 3 aromatic carbocycles. The molecule has 0 aromatic heterocycles. The molecule has 0 aliphatic heterocycles. The second-order valence-electron chi connectivity index (χ2n) is 7.55. The van der Waals surface area contributed by atoms with Gasteiger partial charge in [-0.05, 0) is 23.6 Å². The highest BCUT2D eigenvalue weighted by Crippen LogP contribution is 2.41. The third-order valence-electron chi connectivity index (χ3n) is 5.29. The normalized spacial score (nSPS) is 13.4. The SMILES string of the molecule is COC[C@@](C)(COC(c1ccccc1)(c1ccccc1)c1ccccc1)C(=O)OC. The van der Waals surface area contributed by atoms with Crippen LogP contribution in [0.5, 0.6) is 0 Å². The highest BCUT2D eigenvalue weighted by Gasteiger charge is 2.43. The molecule has 4 heteroatoms. The zero-order valence-corrected chi connectivity index (χ0v) is 17.7. The minimum Gasteiger partial charge on any atom is -0.468 e. The monoisotopic (exact) mass is 404 g/mol.